The molecule has 3 aromatic heterocycles. The molecule has 7 heteroatoms. The van der Waals surface area contributed by atoms with Crippen molar-refractivity contribution in [2.45, 2.75) is 0 Å². The van der Waals surface area contributed by atoms with Crippen LogP contribution in [0.3, 0.4) is 0 Å². The van der Waals surface area contributed by atoms with Crippen molar-refractivity contribution in [1.82, 2.24) is 9.38 Å². The van der Waals surface area contributed by atoms with Crippen molar-refractivity contribution in [3.8, 4) is 11.3 Å². The van der Waals surface area contributed by atoms with Gasteiger partial charge >= 0.3 is 0 Å². The lowest BCUT2D eigenvalue weighted by molar-refractivity contribution is -0.111. The Morgan fingerprint density at radius 2 is 2.12 bits per heavy atom. The summed E-state index contributed by atoms with van der Waals surface area (Å²) in [5, 5.41) is 4.72. The molecule has 0 saturated heterocycles. The third-order valence-corrected chi connectivity index (χ3v) is 4.32. The minimum absolute atomic E-state index is 0.312. The molecule has 0 aliphatic heterocycles. The van der Waals surface area contributed by atoms with E-state index in [0.29, 0.717) is 17.3 Å². The Labute approximate surface area is 146 Å². The Balaban J connectivity index is 1.68. The first kappa shape index (κ1) is 15.3. The van der Waals surface area contributed by atoms with Crippen LogP contribution in [0.25, 0.3) is 22.3 Å². The average Bonchev–Trinajstić information content (AvgIpc) is 3.32. The van der Waals surface area contributed by atoms with E-state index in [1.807, 2.05) is 11.6 Å². The van der Waals surface area contributed by atoms with Gasteiger partial charge in [0.1, 0.15) is 23.1 Å². The second-order valence-electron chi connectivity index (χ2n) is 5.21. The Morgan fingerprint density at radius 1 is 1.28 bits per heavy atom. The van der Waals surface area contributed by atoms with E-state index in [9.17, 15) is 9.18 Å². The summed E-state index contributed by atoms with van der Waals surface area (Å²) < 4.78 is 20.1. The van der Waals surface area contributed by atoms with E-state index >= 15 is 0 Å². The van der Waals surface area contributed by atoms with Gasteiger partial charge in [0, 0.05) is 23.2 Å². The number of benzene rings is 1. The number of aromatic nitrogens is 2. The van der Waals surface area contributed by atoms with Crippen LogP contribution in [-0.4, -0.2) is 15.3 Å². The zero-order chi connectivity index (χ0) is 17.2. The Bertz CT molecular complexity index is 1050. The lowest BCUT2D eigenvalue weighted by Gasteiger charge is -2.05. The predicted octanol–water partition coefficient (Wildman–Crippen LogP) is 4.45. The standard InChI is InChI=1S/C18H12FN3O2S/c19-13-5-3-12(4-6-13)16-17(22-9-11-25-18(22)21-16)20-15(23)8-7-14-2-1-10-24-14/h1-11H,(H,20,23)/b8-7+. The van der Waals surface area contributed by atoms with Gasteiger partial charge in [-0.1, -0.05) is 0 Å². The molecule has 0 bridgehead atoms. The van der Waals surface area contributed by atoms with Crippen molar-refractivity contribution in [1.29, 1.82) is 0 Å². The van der Waals surface area contributed by atoms with Crippen LogP contribution in [0.1, 0.15) is 5.76 Å². The van der Waals surface area contributed by atoms with Crippen molar-refractivity contribution < 1.29 is 13.6 Å². The highest BCUT2D eigenvalue weighted by molar-refractivity contribution is 7.15. The van der Waals surface area contributed by atoms with Crippen LogP contribution in [0.4, 0.5) is 10.2 Å². The molecule has 0 aliphatic carbocycles. The molecule has 0 unspecified atom stereocenters. The lowest BCUT2D eigenvalue weighted by atomic mass is 10.1. The van der Waals surface area contributed by atoms with Crippen LogP contribution in [0.15, 0.2) is 64.7 Å². The van der Waals surface area contributed by atoms with Crippen LogP contribution in [-0.2, 0) is 4.79 Å². The molecule has 1 amide bonds. The van der Waals surface area contributed by atoms with Crippen molar-refractivity contribution in [2.24, 2.45) is 0 Å². The zero-order valence-corrected chi connectivity index (χ0v) is 13.7. The Morgan fingerprint density at radius 3 is 2.88 bits per heavy atom. The summed E-state index contributed by atoms with van der Waals surface area (Å²) >= 11 is 1.45. The van der Waals surface area contributed by atoms with Crippen LogP contribution in [0.5, 0.6) is 0 Å². The maximum absolute atomic E-state index is 13.2. The molecule has 0 saturated carbocycles. The summed E-state index contributed by atoms with van der Waals surface area (Å²) in [6, 6.07) is 9.50. The fourth-order valence-electron chi connectivity index (χ4n) is 2.42. The molecule has 3 heterocycles. The van der Waals surface area contributed by atoms with Gasteiger partial charge in [-0.15, -0.1) is 11.3 Å². The highest BCUT2D eigenvalue weighted by Crippen LogP contribution is 2.30. The number of hydrogen-bond acceptors (Lipinski definition) is 4. The van der Waals surface area contributed by atoms with Gasteiger partial charge < -0.3 is 9.73 Å². The van der Waals surface area contributed by atoms with Crippen molar-refractivity contribution in [3.63, 3.8) is 0 Å². The van der Waals surface area contributed by atoms with Gasteiger partial charge in [-0.05, 0) is 42.5 Å². The quantitative estimate of drug-likeness (QED) is 0.552. The molecule has 0 radical (unpaired) electrons. The molecule has 1 N–H and O–H groups in total. The first-order valence-corrected chi connectivity index (χ1v) is 8.33. The number of fused-ring (bicyclic) bond motifs is 1. The topological polar surface area (TPSA) is 59.5 Å². The maximum Gasteiger partial charge on any atom is 0.249 e. The van der Waals surface area contributed by atoms with Gasteiger partial charge in [-0.25, -0.2) is 9.37 Å². The van der Waals surface area contributed by atoms with E-state index in [1.54, 1.807) is 34.7 Å². The maximum atomic E-state index is 13.2. The largest absolute Gasteiger partial charge is 0.465 e. The summed E-state index contributed by atoms with van der Waals surface area (Å²) in [4.78, 5) is 17.5. The van der Waals surface area contributed by atoms with Gasteiger partial charge in [0.05, 0.1) is 6.26 Å². The number of halogens is 1. The average molecular weight is 353 g/mol. The molecular weight excluding hydrogens is 341 g/mol. The molecule has 1 aromatic carbocycles. The van der Waals surface area contributed by atoms with Crippen LogP contribution >= 0.6 is 11.3 Å². The van der Waals surface area contributed by atoms with Gasteiger partial charge in [0.15, 0.2) is 4.96 Å². The minimum atomic E-state index is -0.322. The molecule has 0 fully saturated rings. The molecule has 0 spiro atoms. The predicted molar refractivity (Wildman–Crippen MR) is 94.8 cm³/mol. The fraction of sp³-hybridized carbons (Fsp3) is 0. The molecule has 0 atom stereocenters. The normalized spacial score (nSPS) is 11.4. The highest BCUT2D eigenvalue weighted by Gasteiger charge is 2.16. The Hall–Kier alpha value is -3.19. The summed E-state index contributed by atoms with van der Waals surface area (Å²) in [6.45, 7) is 0. The van der Waals surface area contributed by atoms with E-state index in [-0.39, 0.29) is 11.7 Å². The van der Waals surface area contributed by atoms with Gasteiger partial charge in [0.25, 0.3) is 0 Å². The minimum Gasteiger partial charge on any atom is -0.465 e. The molecule has 0 aliphatic rings. The molecule has 4 aromatic rings. The van der Waals surface area contributed by atoms with Crippen LogP contribution in [0, 0.1) is 5.82 Å². The highest BCUT2D eigenvalue weighted by atomic mass is 32.1. The summed E-state index contributed by atoms with van der Waals surface area (Å²) in [7, 11) is 0. The van der Waals surface area contributed by atoms with Crippen molar-refractivity contribution in [2.75, 3.05) is 5.32 Å². The van der Waals surface area contributed by atoms with E-state index in [1.165, 1.54) is 35.8 Å². The number of carbonyl (C=O) groups excluding carboxylic acids is 1. The summed E-state index contributed by atoms with van der Waals surface area (Å²) in [5.74, 6) is 0.490. The molecule has 124 valence electrons. The number of thiazole rings is 1. The van der Waals surface area contributed by atoms with Crippen LogP contribution < -0.4 is 5.32 Å². The van der Waals surface area contributed by atoms with E-state index in [2.05, 4.69) is 10.3 Å². The number of furan rings is 1. The van der Waals surface area contributed by atoms with E-state index < -0.39 is 0 Å². The molecule has 4 rings (SSSR count). The SMILES string of the molecule is O=C(/C=C/c1ccco1)Nc1c(-c2ccc(F)cc2)nc2sccn12. The number of hydrogen-bond donors (Lipinski definition) is 1. The summed E-state index contributed by atoms with van der Waals surface area (Å²) in [6.07, 6.45) is 6.33. The lowest BCUT2D eigenvalue weighted by Crippen LogP contribution is -2.10. The van der Waals surface area contributed by atoms with Crippen LogP contribution in [0.2, 0.25) is 0 Å². The monoisotopic (exact) mass is 353 g/mol. The Kier molecular flexibility index (Phi) is 3.91. The van der Waals surface area contributed by atoms with Gasteiger partial charge in [-0.3, -0.25) is 9.20 Å². The number of nitrogens with one attached hydrogen (secondary N) is 1. The van der Waals surface area contributed by atoms with E-state index in [4.69, 9.17) is 4.42 Å². The van der Waals surface area contributed by atoms with E-state index in [0.717, 1.165) is 10.5 Å². The second kappa shape index (κ2) is 6.37. The number of anilines is 1. The number of amides is 1. The number of rotatable bonds is 4. The van der Waals surface area contributed by atoms with Gasteiger partial charge in [-0.2, -0.15) is 0 Å². The fourth-order valence-corrected chi connectivity index (χ4v) is 3.13. The third kappa shape index (κ3) is 3.09. The first-order chi connectivity index (χ1) is 12.2. The first-order valence-electron chi connectivity index (χ1n) is 7.45. The summed E-state index contributed by atoms with van der Waals surface area (Å²) in [5.41, 5.74) is 1.31. The number of carbonyl (C=O) groups is 1. The van der Waals surface area contributed by atoms with Gasteiger partial charge in [0.2, 0.25) is 5.91 Å². The second-order valence-corrected chi connectivity index (χ2v) is 6.08. The van der Waals surface area contributed by atoms with Crippen molar-refractivity contribution >= 4 is 34.1 Å². The number of nitrogens with zero attached hydrogens (tertiary/aromatic N) is 2. The number of imidazole rings is 1. The molecule has 5 nitrogen and oxygen atoms in total. The molecular formula is C18H12FN3O2S. The zero-order valence-electron chi connectivity index (χ0n) is 12.8. The smallest absolute Gasteiger partial charge is 0.249 e. The molecule has 25 heavy (non-hydrogen) atoms. The third-order valence-electron chi connectivity index (χ3n) is 3.56. The van der Waals surface area contributed by atoms with Crippen molar-refractivity contribution in [3.05, 3.63) is 71.9 Å².